The molecular formula is C11H10F7NS. The van der Waals surface area contributed by atoms with Crippen molar-refractivity contribution in [3.8, 4) is 0 Å². The second kappa shape index (κ2) is 6.66. The normalized spacial score (nSPS) is 12.8. The van der Waals surface area contributed by atoms with Crippen LogP contribution >= 0.6 is 11.8 Å². The summed E-state index contributed by atoms with van der Waals surface area (Å²) in [6.45, 7) is -0.0926. The van der Waals surface area contributed by atoms with Gasteiger partial charge in [-0.25, -0.2) is 4.39 Å². The molecule has 0 heterocycles. The molecule has 1 aromatic carbocycles. The number of thioether (sulfide) groups is 1. The third kappa shape index (κ3) is 6.00. The van der Waals surface area contributed by atoms with E-state index in [4.69, 9.17) is 0 Å². The van der Waals surface area contributed by atoms with Crippen LogP contribution in [-0.2, 0) is 12.7 Å². The fourth-order valence-electron chi connectivity index (χ4n) is 1.37. The number of hydrogen-bond acceptors (Lipinski definition) is 2. The van der Waals surface area contributed by atoms with Gasteiger partial charge in [0.05, 0.1) is 5.56 Å². The van der Waals surface area contributed by atoms with Crippen LogP contribution in [0.15, 0.2) is 18.2 Å². The second-order valence-corrected chi connectivity index (χ2v) is 4.94. The van der Waals surface area contributed by atoms with Gasteiger partial charge in [0.15, 0.2) is 0 Å². The third-order valence-electron chi connectivity index (χ3n) is 2.21. The van der Waals surface area contributed by atoms with Crippen LogP contribution in [0.25, 0.3) is 0 Å². The zero-order chi connectivity index (χ0) is 15.4. The Kier molecular flexibility index (Phi) is 5.69. The van der Waals surface area contributed by atoms with E-state index in [2.05, 4.69) is 5.32 Å². The first-order valence-corrected chi connectivity index (χ1v) is 6.35. The fraction of sp³-hybridized carbons (Fsp3) is 0.455. The van der Waals surface area contributed by atoms with Crippen molar-refractivity contribution in [2.24, 2.45) is 0 Å². The smallest absolute Gasteiger partial charge is 0.312 e. The summed E-state index contributed by atoms with van der Waals surface area (Å²) < 4.78 is 85.6. The third-order valence-corrected chi connectivity index (χ3v) is 2.95. The van der Waals surface area contributed by atoms with Crippen molar-refractivity contribution in [3.63, 3.8) is 0 Å². The molecule has 1 rings (SSSR count). The molecule has 0 bridgehead atoms. The average Bonchev–Trinajstić information content (AvgIpc) is 2.27. The Hall–Kier alpha value is -0.960. The van der Waals surface area contributed by atoms with Gasteiger partial charge in [-0.3, -0.25) is 0 Å². The molecular weight excluding hydrogens is 311 g/mol. The Morgan fingerprint density at radius 2 is 1.70 bits per heavy atom. The van der Waals surface area contributed by atoms with Gasteiger partial charge < -0.3 is 5.32 Å². The Labute approximate surface area is 114 Å². The van der Waals surface area contributed by atoms with Gasteiger partial charge in [0, 0.05) is 18.8 Å². The van der Waals surface area contributed by atoms with Crippen LogP contribution in [0.5, 0.6) is 0 Å². The van der Waals surface area contributed by atoms with Gasteiger partial charge in [0.1, 0.15) is 5.82 Å². The Bertz CT molecular complexity index is 441. The lowest BCUT2D eigenvalue weighted by molar-refractivity contribution is -0.140. The maximum absolute atomic E-state index is 13.0. The van der Waals surface area contributed by atoms with Crippen molar-refractivity contribution >= 4 is 11.8 Å². The van der Waals surface area contributed by atoms with Crippen LogP contribution in [0.4, 0.5) is 30.7 Å². The highest BCUT2D eigenvalue weighted by Gasteiger charge is 2.34. The van der Waals surface area contributed by atoms with Crippen molar-refractivity contribution in [3.05, 3.63) is 35.1 Å². The molecule has 0 spiro atoms. The topological polar surface area (TPSA) is 12.0 Å². The Morgan fingerprint density at radius 3 is 2.25 bits per heavy atom. The van der Waals surface area contributed by atoms with Gasteiger partial charge in [-0.1, -0.05) is 6.07 Å². The minimum atomic E-state index is -4.80. The average molecular weight is 321 g/mol. The lowest BCUT2D eigenvalue weighted by atomic mass is 10.1. The standard InChI is InChI=1S/C11H10F7NS/c12-9-2-1-7(5-8(9)10(13,14)15)6-19-3-4-20-11(16,17)18/h1-2,5,19H,3-4,6H2. The molecule has 0 saturated carbocycles. The molecule has 1 aromatic rings. The minimum Gasteiger partial charge on any atom is -0.312 e. The predicted molar refractivity (Wildman–Crippen MR) is 61.6 cm³/mol. The summed E-state index contributed by atoms with van der Waals surface area (Å²) >= 11 is -0.224. The zero-order valence-corrected chi connectivity index (χ0v) is 10.7. The van der Waals surface area contributed by atoms with Crippen LogP contribution in [-0.4, -0.2) is 17.8 Å². The van der Waals surface area contributed by atoms with E-state index >= 15 is 0 Å². The van der Waals surface area contributed by atoms with Crippen LogP contribution in [0.3, 0.4) is 0 Å². The van der Waals surface area contributed by atoms with E-state index in [0.29, 0.717) is 12.1 Å². The van der Waals surface area contributed by atoms with Gasteiger partial charge in [0.2, 0.25) is 0 Å². The molecule has 20 heavy (non-hydrogen) atoms. The maximum atomic E-state index is 13.0. The van der Waals surface area contributed by atoms with E-state index in [9.17, 15) is 30.7 Å². The molecule has 0 aliphatic rings. The monoisotopic (exact) mass is 321 g/mol. The molecule has 9 heteroatoms. The first-order chi connectivity index (χ1) is 9.09. The molecule has 0 unspecified atom stereocenters. The molecule has 0 aromatic heterocycles. The maximum Gasteiger partial charge on any atom is 0.441 e. The lowest BCUT2D eigenvalue weighted by Crippen LogP contribution is -2.19. The van der Waals surface area contributed by atoms with E-state index in [1.807, 2.05) is 0 Å². The highest BCUT2D eigenvalue weighted by atomic mass is 32.2. The molecule has 0 amide bonds. The second-order valence-electron chi connectivity index (χ2n) is 3.78. The fourth-order valence-corrected chi connectivity index (χ4v) is 1.85. The van der Waals surface area contributed by atoms with E-state index in [1.165, 1.54) is 0 Å². The van der Waals surface area contributed by atoms with E-state index in [0.717, 1.165) is 6.07 Å². The number of halogens is 7. The van der Waals surface area contributed by atoms with Crippen LogP contribution in [0.2, 0.25) is 0 Å². The van der Waals surface area contributed by atoms with Crippen molar-refractivity contribution in [1.29, 1.82) is 0 Å². The first-order valence-electron chi connectivity index (χ1n) is 5.36. The highest BCUT2D eigenvalue weighted by molar-refractivity contribution is 8.00. The van der Waals surface area contributed by atoms with E-state index < -0.39 is 23.1 Å². The highest BCUT2D eigenvalue weighted by Crippen LogP contribution is 2.32. The summed E-state index contributed by atoms with van der Waals surface area (Å²) in [7, 11) is 0. The van der Waals surface area contributed by atoms with Gasteiger partial charge in [-0.05, 0) is 29.5 Å². The number of alkyl halides is 6. The van der Waals surface area contributed by atoms with Crippen LogP contribution in [0.1, 0.15) is 11.1 Å². The quantitative estimate of drug-likeness (QED) is 0.645. The van der Waals surface area contributed by atoms with E-state index in [1.54, 1.807) is 0 Å². The summed E-state index contributed by atoms with van der Waals surface area (Å²) in [5, 5.41) is 2.56. The molecule has 0 aliphatic carbocycles. The molecule has 0 aliphatic heterocycles. The van der Waals surface area contributed by atoms with E-state index in [-0.39, 0.29) is 36.2 Å². The molecule has 0 saturated heterocycles. The predicted octanol–water partition coefficient (Wildman–Crippen LogP) is 4.19. The first kappa shape index (κ1) is 17.1. The minimum absolute atomic E-state index is 0.0249. The lowest BCUT2D eigenvalue weighted by Gasteiger charge is -2.11. The number of hydrogen-bond donors (Lipinski definition) is 1. The molecule has 1 nitrogen and oxygen atoms in total. The van der Waals surface area contributed by atoms with Crippen molar-refractivity contribution in [1.82, 2.24) is 5.32 Å². The summed E-state index contributed by atoms with van der Waals surface area (Å²) in [6, 6.07) is 2.47. The number of nitrogens with one attached hydrogen (secondary N) is 1. The van der Waals surface area contributed by atoms with Crippen LogP contribution < -0.4 is 5.32 Å². The van der Waals surface area contributed by atoms with Crippen LogP contribution in [0, 0.1) is 5.82 Å². The zero-order valence-electron chi connectivity index (χ0n) is 9.91. The summed E-state index contributed by atoms with van der Waals surface area (Å²) in [4.78, 5) is 0. The molecule has 0 radical (unpaired) electrons. The Balaban J connectivity index is 2.49. The number of benzene rings is 1. The van der Waals surface area contributed by atoms with Crippen molar-refractivity contribution < 1.29 is 30.7 Å². The van der Waals surface area contributed by atoms with Crippen molar-refractivity contribution in [2.75, 3.05) is 12.3 Å². The van der Waals surface area contributed by atoms with Crippen molar-refractivity contribution in [2.45, 2.75) is 18.2 Å². The SMILES string of the molecule is Fc1ccc(CNCCSC(F)(F)F)cc1C(F)(F)F. The van der Waals surface area contributed by atoms with Gasteiger partial charge in [-0.15, -0.1) is 0 Å². The molecule has 0 atom stereocenters. The summed E-state index contributed by atoms with van der Waals surface area (Å²) in [5.74, 6) is -1.63. The summed E-state index contributed by atoms with van der Waals surface area (Å²) in [5.41, 5.74) is -5.57. The Morgan fingerprint density at radius 1 is 1.05 bits per heavy atom. The molecule has 0 fully saturated rings. The van der Waals surface area contributed by atoms with Gasteiger partial charge >= 0.3 is 11.7 Å². The van der Waals surface area contributed by atoms with Gasteiger partial charge in [0.25, 0.3) is 0 Å². The number of rotatable bonds is 5. The largest absolute Gasteiger partial charge is 0.441 e. The summed E-state index contributed by atoms with van der Waals surface area (Å²) in [6.07, 6.45) is -4.80. The van der Waals surface area contributed by atoms with Gasteiger partial charge in [-0.2, -0.15) is 26.3 Å². The molecule has 1 N–H and O–H groups in total. The molecule has 114 valence electrons.